The Bertz CT molecular complexity index is 687. The van der Waals surface area contributed by atoms with Crippen LogP contribution in [0.3, 0.4) is 0 Å². The van der Waals surface area contributed by atoms with Gasteiger partial charge in [0, 0.05) is 32.9 Å². The number of hydrogen-bond donors (Lipinski definition) is 2. The van der Waals surface area contributed by atoms with Gasteiger partial charge >= 0.3 is 0 Å². The summed E-state index contributed by atoms with van der Waals surface area (Å²) >= 11 is 1.34. The van der Waals surface area contributed by atoms with Crippen LogP contribution in [-0.4, -0.2) is 39.0 Å². The Kier molecular flexibility index (Phi) is 5.70. The molecule has 5 nitrogen and oxygen atoms in total. The van der Waals surface area contributed by atoms with Gasteiger partial charge in [0.05, 0.1) is 10.4 Å². The molecule has 23 heavy (non-hydrogen) atoms. The van der Waals surface area contributed by atoms with Crippen molar-refractivity contribution >= 4 is 28.8 Å². The van der Waals surface area contributed by atoms with Gasteiger partial charge < -0.3 is 15.5 Å². The van der Waals surface area contributed by atoms with Gasteiger partial charge in [-0.3, -0.25) is 9.59 Å². The third-order valence-electron chi connectivity index (χ3n) is 3.15. The van der Waals surface area contributed by atoms with E-state index in [2.05, 4.69) is 10.6 Å². The van der Waals surface area contributed by atoms with E-state index in [0.717, 1.165) is 0 Å². The normalized spacial score (nSPS) is 10.2. The van der Waals surface area contributed by atoms with Gasteiger partial charge in [-0.2, -0.15) is 0 Å². The van der Waals surface area contributed by atoms with Crippen LogP contribution in [0.5, 0.6) is 0 Å². The number of nitrogens with zero attached hydrogens (tertiary/aromatic N) is 1. The van der Waals surface area contributed by atoms with Gasteiger partial charge in [-0.25, -0.2) is 4.39 Å². The fraction of sp³-hybridized carbons (Fsp3) is 0.250. The summed E-state index contributed by atoms with van der Waals surface area (Å²) in [6.07, 6.45) is 0. The second kappa shape index (κ2) is 7.73. The first-order valence-corrected chi connectivity index (χ1v) is 7.94. The first-order chi connectivity index (χ1) is 11.0. The minimum atomic E-state index is -0.573. The highest BCUT2D eigenvalue weighted by Crippen LogP contribution is 2.16. The molecule has 2 amide bonds. The fourth-order valence-electron chi connectivity index (χ4n) is 1.91. The highest BCUT2D eigenvalue weighted by molar-refractivity contribution is 7.12. The number of hydrogen-bond acceptors (Lipinski definition) is 4. The van der Waals surface area contributed by atoms with Crippen LogP contribution in [0, 0.1) is 5.82 Å². The lowest BCUT2D eigenvalue weighted by molar-refractivity contribution is 0.0927. The summed E-state index contributed by atoms with van der Waals surface area (Å²) in [4.78, 5) is 26.0. The van der Waals surface area contributed by atoms with Crippen LogP contribution >= 0.6 is 11.3 Å². The lowest BCUT2D eigenvalue weighted by Crippen LogP contribution is -2.34. The van der Waals surface area contributed by atoms with Gasteiger partial charge in [0.1, 0.15) is 5.82 Å². The van der Waals surface area contributed by atoms with E-state index in [-0.39, 0.29) is 24.6 Å². The topological polar surface area (TPSA) is 61.4 Å². The summed E-state index contributed by atoms with van der Waals surface area (Å²) in [6.45, 7) is 0.505. The van der Waals surface area contributed by atoms with E-state index in [1.807, 2.05) is 5.38 Å². The summed E-state index contributed by atoms with van der Waals surface area (Å²) in [7, 11) is 3.59. The molecule has 2 aromatic rings. The molecule has 0 aliphatic heterocycles. The van der Waals surface area contributed by atoms with Crippen molar-refractivity contribution in [2.24, 2.45) is 0 Å². The number of carbonyl (C=O) groups excluding carboxylic acids is 2. The predicted molar refractivity (Wildman–Crippen MR) is 89.7 cm³/mol. The molecule has 0 saturated heterocycles. The monoisotopic (exact) mass is 335 g/mol. The molecule has 122 valence electrons. The zero-order chi connectivity index (χ0) is 16.8. The highest BCUT2D eigenvalue weighted by Gasteiger charge is 2.12. The van der Waals surface area contributed by atoms with Crippen molar-refractivity contribution in [3.05, 3.63) is 52.0 Å². The number of nitrogens with one attached hydrogen (secondary N) is 2. The smallest absolute Gasteiger partial charge is 0.261 e. The molecule has 2 N–H and O–H groups in total. The molecule has 0 aliphatic rings. The number of anilines is 1. The van der Waals surface area contributed by atoms with E-state index >= 15 is 0 Å². The molecule has 0 aliphatic carbocycles. The number of thiophene rings is 1. The molecule has 0 radical (unpaired) electrons. The molecule has 0 spiro atoms. The number of halogens is 1. The SMILES string of the molecule is CN(C)c1ccc(C(=O)NCCNC(=O)c2cccs2)c(F)c1. The average molecular weight is 335 g/mol. The third-order valence-corrected chi connectivity index (χ3v) is 4.02. The summed E-state index contributed by atoms with van der Waals surface area (Å²) in [5, 5.41) is 7.09. The molecular weight excluding hydrogens is 317 g/mol. The number of rotatable bonds is 6. The van der Waals surface area contributed by atoms with Crippen molar-refractivity contribution < 1.29 is 14.0 Å². The molecule has 1 aromatic heterocycles. The maximum absolute atomic E-state index is 13.9. The Morgan fingerprint density at radius 3 is 2.39 bits per heavy atom. The van der Waals surface area contributed by atoms with Crippen molar-refractivity contribution in [3.8, 4) is 0 Å². The molecule has 0 fully saturated rings. The van der Waals surface area contributed by atoms with Gasteiger partial charge in [-0.1, -0.05) is 6.07 Å². The Labute approximate surface area is 138 Å². The quantitative estimate of drug-likeness (QED) is 0.795. The van der Waals surface area contributed by atoms with Crippen molar-refractivity contribution in [3.63, 3.8) is 0 Å². The van der Waals surface area contributed by atoms with Crippen LogP contribution < -0.4 is 15.5 Å². The van der Waals surface area contributed by atoms with Crippen molar-refractivity contribution in [2.75, 3.05) is 32.1 Å². The van der Waals surface area contributed by atoms with Gasteiger partial charge in [-0.15, -0.1) is 11.3 Å². The zero-order valence-electron chi connectivity index (χ0n) is 12.9. The molecule has 7 heteroatoms. The fourth-order valence-corrected chi connectivity index (χ4v) is 2.55. The number of benzene rings is 1. The zero-order valence-corrected chi connectivity index (χ0v) is 13.7. The Balaban J connectivity index is 1.82. The minimum absolute atomic E-state index is 0.0137. The lowest BCUT2D eigenvalue weighted by Gasteiger charge is -2.13. The molecular formula is C16H18FN3O2S. The Morgan fingerprint density at radius 2 is 1.83 bits per heavy atom. The summed E-state index contributed by atoms with van der Waals surface area (Å²) in [6, 6.07) is 7.95. The molecule has 0 saturated carbocycles. The van der Waals surface area contributed by atoms with E-state index in [1.165, 1.54) is 23.5 Å². The second-order valence-corrected chi connectivity index (χ2v) is 6.00. The molecule has 0 bridgehead atoms. The van der Waals surface area contributed by atoms with Crippen molar-refractivity contribution in [1.82, 2.24) is 10.6 Å². The summed E-state index contributed by atoms with van der Waals surface area (Å²) in [5.74, 6) is -1.26. The van der Waals surface area contributed by atoms with Gasteiger partial charge in [0.2, 0.25) is 0 Å². The van der Waals surface area contributed by atoms with E-state index < -0.39 is 11.7 Å². The van der Waals surface area contributed by atoms with Crippen molar-refractivity contribution in [2.45, 2.75) is 0 Å². The largest absolute Gasteiger partial charge is 0.378 e. The van der Waals surface area contributed by atoms with Crippen LogP contribution in [0.15, 0.2) is 35.7 Å². The Morgan fingerprint density at radius 1 is 1.13 bits per heavy atom. The molecule has 0 unspecified atom stereocenters. The van der Waals surface area contributed by atoms with Crippen LogP contribution in [-0.2, 0) is 0 Å². The summed E-state index contributed by atoms with van der Waals surface area (Å²) < 4.78 is 13.9. The standard InChI is InChI=1S/C16H18FN3O2S/c1-20(2)11-5-6-12(13(17)10-11)15(21)18-7-8-19-16(22)14-4-3-9-23-14/h3-6,9-10H,7-8H2,1-2H3,(H,18,21)(H,19,22). The first-order valence-electron chi connectivity index (χ1n) is 7.06. The average Bonchev–Trinajstić information content (AvgIpc) is 3.05. The van der Waals surface area contributed by atoms with E-state index in [9.17, 15) is 14.0 Å². The first kappa shape index (κ1) is 17.0. The van der Waals surface area contributed by atoms with Gasteiger partial charge in [-0.05, 0) is 29.6 Å². The molecule has 1 aromatic carbocycles. The summed E-state index contributed by atoms with van der Waals surface area (Å²) in [5.41, 5.74) is 0.669. The number of carbonyl (C=O) groups is 2. The lowest BCUT2D eigenvalue weighted by atomic mass is 10.1. The molecule has 0 atom stereocenters. The second-order valence-electron chi connectivity index (χ2n) is 5.05. The van der Waals surface area contributed by atoms with E-state index in [4.69, 9.17) is 0 Å². The van der Waals surface area contributed by atoms with Crippen LogP contribution in [0.1, 0.15) is 20.0 Å². The van der Waals surface area contributed by atoms with Crippen LogP contribution in [0.4, 0.5) is 10.1 Å². The Hall–Kier alpha value is -2.41. The maximum Gasteiger partial charge on any atom is 0.261 e. The predicted octanol–water partition coefficient (Wildman–Crippen LogP) is 2.11. The highest BCUT2D eigenvalue weighted by atomic mass is 32.1. The van der Waals surface area contributed by atoms with Gasteiger partial charge in [0.25, 0.3) is 11.8 Å². The third kappa shape index (κ3) is 4.53. The maximum atomic E-state index is 13.9. The van der Waals surface area contributed by atoms with Crippen molar-refractivity contribution in [1.29, 1.82) is 0 Å². The van der Waals surface area contributed by atoms with Crippen LogP contribution in [0.25, 0.3) is 0 Å². The van der Waals surface area contributed by atoms with Gasteiger partial charge in [0.15, 0.2) is 0 Å². The number of amides is 2. The molecule has 2 rings (SSSR count). The van der Waals surface area contributed by atoms with E-state index in [1.54, 1.807) is 37.2 Å². The molecule has 1 heterocycles. The van der Waals surface area contributed by atoms with Crippen LogP contribution in [0.2, 0.25) is 0 Å². The minimum Gasteiger partial charge on any atom is -0.378 e. The van der Waals surface area contributed by atoms with E-state index in [0.29, 0.717) is 10.6 Å².